The van der Waals surface area contributed by atoms with E-state index in [0.717, 1.165) is 32.8 Å². The number of rotatable bonds is 3. The van der Waals surface area contributed by atoms with E-state index in [0.29, 0.717) is 11.0 Å². The van der Waals surface area contributed by atoms with Crippen LogP contribution in [0.5, 0.6) is 11.5 Å². The van der Waals surface area contributed by atoms with Gasteiger partial charge in [0.05, 0.1) is 8.95 Å². The third kappa shape index (κ3) is 3.01. The summed E-state index contributed by atoms with van der Waals surface area (Å²) in [5.74, 6) is 1.21. The van der Waals surface area contributed by atoms with Crippen LogP contribution in [0.25, 0.3) is 0 Å². The van der Waals surface area contributed by atoms with Crippen molar-refractivity contribution in [1.29, 1.82) is 0 Å². The molecule has 0 fully saturated rings. The van der Waals surface area contributed by atoms with Crippen molar-refractivity contribution in [2.45, 2.75) is 13.5 Å². The zero-order valence-electron chi connectivity index (χ0n) is 11.2. The van der Waals surface area contributed by atoms with Crippen LogP contribution in [-0.4, -0.2) is 6.79 Å². The molecule has 6 heteroatoms. The first-order valence-corrected chi connectivity index (χ1v) is 7.91. The molecule has 2 aromatic rings. The summed E-state index contributed by atoms with van der Waals surface area (Å²) < 4.78 is 25.5. The lowest BCUT2D eigenvalue weighted by molar-refractivity contribution is 0.173. The van der Waals surface area contributed by atoms with Crippen LogP contribution >= 0.6 is 31.9 Å². The van der Waals surface area contributed by atoms with E-state index >= 15 is 0 Å². The Hall–Kier alpha value is -1.27. The molecule has 0 radical (unpaired) electrons. The minimum atomic E-state index is -0.260. The molecule has 1 N–H and O–H groups in total. The lowest BCUT2D eigenvalue weighted by Gasteiger charge is -2.12. The number of aryl methyl sites for hydroxylation is 1. The van der Waals surface area contributed by atoms with Crippen LogP contribution < -0.4 is 14.8 Å². The summed E-state index contributed by atoms with van der Waals surface area (Å²) in [4.78, 5) is 0. The highest BCUT2D eigenvalue weighted by Crippen LogP contribution is 2.40. The number of nitrogens with one attached hydrogen (secondary N) is 1. The second-order valence-corrected chi connectivity index (χ2v) is 6.45. The maximum atomic E-state index is 13.4. The smallest absolute Gasteiger partial charge is 0.231 e. The summed E-state index contributed by atoms with van der Waals surface area (Å²) in [5, 5.41) is 3.30. The summed E-state index contributed by atoms with van der Waals surface area (Å²) in [6, 6.07) is 7.16. The molecule has 0 spiro atoms. The molecule has 1 aliphatic rings. The lowest BCUT2D eigenvalue weighted by Crippen LogP contribution is -2.02. The number of hydrogen-bond donors (Lipinski definition) is 1. The number of ether oxygens (including phenoxy) is 2. The SMILES string of the molecule is Cc1cc(F)c(Br)cc1NCc1cc(Br)c2c(c1)OCO2. The Balaban J connectivity index is 1.79. The van der Waals surface area contributed by atoms with Crippen LogP contribution in [0.2, 0.25) is 0 Å². The van der Waals surface area contributed by atoms with Crippen molar-refractivity contribution in [3.8, 4) is 11.5 Å². The van der Waals surface area contributed by atoms with Crippen molar-refractivity contribution in [3.05, 3.63) is 50.2 Å². The molecule has 0 saturated carbocycles. The van der Waals surface area contributed by atoms with Gasteiger partial charge in [0, 0.05) is 12.2 Å². The molecular weight excluding hydrogens is 405 g/mol. The molecule has 3 rings (SSSR count). The van der Waals surface area contributed by atoms with E-state index in [1.54, 1.807) is 6.07 Å². The number of anilines is 1. The Kier molecular flexibility index (Phi) is 4.08. The molecule has 1 aliphatic heterocycles. The fourth-order valence-corrected chi connectivity index (χ4v) is 3.10. The van der Waals surface area contributed by atoms with Gasteiger partial charge in [0.1, 0.15) is 5.82 Å². The topological polar surface area (TPSA) is 30.5 Å². The van der Waals surface area contributed by atoms with Gasteiger partial charge in [-0.05, 0) is 74.2 Å². The first-order valence-electron chi connectivity index (χ1n) is 6.32. The Bertz CT molecular complexity index is 707. The first-order chi connectivity index (χ1) is 10.0. The van der Waals surface area contributed by atoms with Crippen LogP contribution in [0.3, 0.4) is 0 Å². The molecule has 110 valence electrons. The van der Waals surface area contributed by atoms with Gasteiger partial charge < -0.3 is 14.8 Å². The molecule has 0 bridgehead atoms. The van der Waals surface area contributed by atoms with Gasteiger partial charge in [-0.1, -0.05) is 0 Å². The molecular formula is C15H12Br2FNO2. The zero-order valence-corrected chi connectivity index (χ0v) is 14.3. The van der Waals surface area contributed by atoms with Gasteiger partial charge in [-0.3, -0.25) is 0 Å². The van der Waals surface area contributed by atoms with Crippen LogP contribution in [0, 0.1) is 12.7 Å². The number of hydrogen-bond acceptors (Lipinski definition) is 3. The van der Waals surface area contributed by atoms with Crippen molar-refractivity contribution < 1.29 is 13.9 Å². The summed E-state index contributed by atoms with van der Waals surface area (Å²) in [6.45, 7) is 2.72. The average molecular weight is 417 g/mol. The van der Waals surface area contributed by atoms with Crippen LogP contribution in [0.1, 0.15) is 11.1 Å². The van der Waals surface area contributed by atoms with E-state index in [2.05, 4.69) is 37.2 Å². The number of benzene rings is 2. The fraction of sp³-hybridized carbons (Fsp3) is 0.200. The van der Waals surface area contributed by atoms with E-state index in [-0.39, 0.29) is 12.6 Å². The Morgan fingerprint density at radius 1 is 1.14 bits per heavy atom. The van der Waals surface area contributed by atoms with Crippen molar-refractivity contribution in [2.24, 2.45) is 0 Å². The average Bonchev–Trinajstić information content (AvgIpc) is 2.90. The highest BCUT2D eigenvalue weighted by molar-refractivity contribution is 9.10. The normalized spacial score (nSPS) is 12.6. The quantitative estimate of drug-likeness (QED) is 0.763. The van der Waals surface area contributed by atoms with Crippen LogP contribution in [0.4, 0.5) is 10.1 Å². The van der Waals surface area contributed by atoms with Crippen molar-refractivity contribution in [3.63, 3.8) is 0 Å². The highest BCUT2D eigenvalue weighted by Gasteiger charge is 2.17. The van der Waals surface area contributed by atoms with E-state index in [9.17, 15) is 4.39 Å². The molecule has 2 aromatic carbocycles. The van der Waals surface area contributed by atoms with E-state index in [4.69, 9.17) is 9.47 Å². The summed E-state index contributed by atoms with van der Waals surface area (Å²) in [5.41, 5.74) is 2.79. The van der Waals surface area contributed by atoms with E-state index in [1.165, 1.54) is 6.07 Å². The van der Waals surface area contributed by atoms with Gasteiger partial charge >= 0.3 is 0 Å². The third-order valence-corrected chi connectivity index (χ3v) is 4.43. The lowest BCUT2D eigenvalue weighted by atomic mass is 10.1. The van der Waals surface area contributed by atoms with E-state index in [1.807, 2.05) is 19.1 Å². The highest BCUT2D eigenvalue weighted by atomic mass is 79.9. The molecule has 0 aromatic heterocycles. The molecule has 0 unspecified atom stereocenters. The minimum Gasteiger partial charge on any atom is -0.454 e. The van der Waals surface area contributed by atoms with E-state index < -0.39 is 0 Å². The van der Waals surface area contributed by atoms with Crippen molar-refractivity contribution in [2.75, 3.05) is 12.1 Å². The molecule has 0 amide bonds. The van der Waals surface area contributed by atoms with Gasteiger partial charge in [0.2, 0.25) is 6.79 Å². The number of fused-ring (bicyclic) bond motifs is 1. The van der Waals surface area contributed by atoms with Gasteiger partial charge in [-0.15, -0.1) is 0 Å². The molecule has 0 atom stereocenters. The maximum Gasteiger partial charge on any atom is 0.231 e. The van der Waals surface area contributed by atoms with Gasteiger partial charge in [-0.2, -0.15) is 0 Å². The molecule has 21 heavy (non-hydrogen) atoms. The fourth-order valence-electron chi connectivity index (χ4n) is 2.16. The molecule has 0 saturated heterocycles. The second kappa shape index (κ2) is 5.85. The standard InChI is InChI=1S/C15H12Br2FNO2/c1-8-2-12(18)10(16)5-13(8)19-6-9-3-11(17)15-14(4-9)20-7-21-15/h2-5,19H,6-7H2,1H3. The van der Waals surface area contributed by atoms with Gasteiger partial charge in [0.25, 0.3) is 0 Å². The van der Waals surface area contributed by atoms with Crippen molar-refractivity contribution >= 4 is 37.5 Å². The summed E-state index contributed by atoms with van der Waals surface area (Å²) in [6.07, 6.45) is 0. The summed E-state index contributed by atoms with van der Waals surface area (Å²) >= 11 is 6.67. The predicted octanol–water partition coefficient (Wildman–Crippen LogP) is 5.00. The van der Waals surface area contributed by atoms with Gasteiger partial charge in [-0.25, -0.2) is 4.39 Å². The number of halogens is 3. The van der Waals surface area contributed by atoms with Crippen LogP contribution in [0.15, 0.2) is 33.2 Å². The second-order valence-electron chi connectivity index (χ2n) is 4.75. The molecule has 3 nitrogen and oxygen atoms in total. The Morgan fingerprint density at radius 2 is 1.95 bits per heavy atom. The Labute approximate surface area is 138 Å². The maximum absolute atomic E-state index is 13.4. The first kappa shape index (κ1) is 14.7. The van der Waals surface area contributed by atoms with Gasteiger partial charge in [0.15, 0.2) is 11.5 Å². The van der Waals surface area contributed by atoms with Crippen LogP contribution in [-0.2, 0) is 6.54 Å². The monoisotopic (exact) mass is 415 g/mol. The molecule has 1 heterocycles. The van der Waals surface area contributed by atoms with Crippen molar-refractivity contribution in [1.82, 2.24) is 0 Å². The molecule has 0 aliphatic carbocycles. The largest absolute Gasteiger partial charge is 0.454 e. The zero-order chi connectivity index (χ0) is 15.0. The Morgan fingerprint density at radius 3 is 2.76 bits per heavy atom. The predicted molar refractivity (Wildman–Crippen MR) is 86.4 cm³/mol. The third-order valence-electron chi connectivity index (χ3n) is 3.24. The summed E-state index contributed by atoms with van der Waals surface area (Å²) in [7, 11) is 0. The minimum absolute atomic E-state index is 0.245.